The highest BCUT2D eigenvalue weighted by Crippen LogP contribution is 2.47. The van der Waals surface area contributed by atoms with Crippen LogP contribution in [0, 0.1) is 5.41 Å². The molecule has 1 aliphatic carbocycles. The summed E-state index contributed by atoms with van der Waals surface area (Å²) in [5.41, 5.74) is 1.47. The molecule has 0 amide bonds. The van der Waals surface area contributed by atoms with Crippen molar-refractivity contribution >= 4 is 11.3 Å². The molecule has 114 valence electrons. The molecule has 20 heavy (non-hydrogen) atoms. The molecule has 1 fully saturated rings. The second-order valence-electron chi connectivity index (χ2n) is 6.68. The number of rotatable bonds is 6. The Morgan fingerprint density at radius 2 is 2.00 bits per heavy atom. The first-order valence-corrected chi connectivity index (χ1v) is 8.60. The van der Waals surface area contributed by atoms with Gasteiger partial charge in [-0.25, -0.2) is 4.98 Å². The van der Waals surface area contributed by atoms with Crippen LogP contribution in [-0.4, -0.2) is 18.6 Å². The number of nitrogens with zero attached hydrogens (tertiary/aromatic N) is 1. The Balaban J connectivity index is 2.05. The molecule has 0 unspecified atom stereocenters. The van der Waals surface area contributed by atoms with E-state index in [4.69, 9.17) is 9.72 Å². The first kappa shape index (κ1) is 15.9. The summed E-state index contributed by atoms with van der Waals surface area (Å²) in [6, 6.07) is 0. The molecule has 0 bridgehead atoms. The van der Waals surface area contributed by atoms with E-state index in [0.29, 0.717) is 5.41 Å². The predicted octanol–water partition coefficient (Wildman–Crippen LogP) is 4.08. The lowest BCUT2D eigenvalue weighted by Crippen LogP contribution is -2.36. The smallest absolute Gasteiger partial charge is 0.125 e. The number of aromatic nitrogens is 1. The summed E-state index contributed by atoms with van der Waals surface area (Å²) in [5.74, 6) is 0. The van der Waals surface area contributed by atoms with Gasteiger partial charge in [-0.2, -0.15) is 0 Å². The molecule has 1 saturated carbocycles. The minimum atomic E-state index is -0.136. The lowest BCUT2D eigenvalue weighted by Gasteiger charge is -2.41. The van der Waals surface area contributed by atoms with Gasteiger partial charge in [-0.3, -0.25) is 0 Å². The number of methoxy groups -OCH3 is 1. The summed E-state index contributed by atoms with van der Waals surface area (Å²) in [7, 11) is 1.84. The molecular formula is C16H28N2OS. The van der Waals surface area contributed by atoms with Crippen LogP contribution in [0.5, 0.6) is 0 Å². The summed E-state index contributed by atoms with van der Waals surface area (Å²) in [6.45, 7) is 8.82. The number of ether oxygens (including phenoxy) is 1. The van der Waals surface area contributed by atoms with Gasteiger partial charge in [-0.1, -0.05) is 20.8 Å². The number of hydrogen-bond acceptors (Lipinski definition) is 4. The summed E-state index contributed by atoms with van der Waals surface area (Å²) in [6.07, 6.45) is 5.76. The minimum Gasteiger partial charge on any atom is -0.371 e. The molecule has 0 saturated heterocycles. The molecule has 0 aliphatic heterocycles. The molecule has 1 aromatic rings. The molecule has 1 heterocycles. The predicted molar refractivity (Wildman–Crippen MR) is 85.0 cm³/mol. The van der Waals surface area contributed by atoms with Crippen molar-refractivity contribution in [1.82, 2.24) is 10.3 Å². The van der Waals surface area contributed by atoms with E-state index >= 15 is 0 Å². The van der Waals surface area contributed by atoms with Crippen LogP contribution in [0.15, 0.2) is 5.38 Å². The van der Waals surface area contributed by atoms with E-state index in [1.807, 2.05) is 7.11 Å². The van der Waals surface area contributed by atoms with E-state index in [-0.39, 0.29) is 5.60 Å². The van der Waals surface area contributed by atoms with Crippen molar-refractivity contribution in [3.8, 4) is 0 Å². The monoisotopic (exact) mass is 296 g/mol. The van der Waals surface area contributed by atoms with Crippen molar-refractivity contribution in [2.75, 3.05) is 13.7 Å². The van der Waals surface area contributed by atoms with Gasteiger partial charge in [0.15, 0.2) is 0 Å². The van der Waals surface area contributed by atoms with Crippen LogP contribution in [0.1, 0.15) is 63.6 Å². The van der Waals surface area contributed by atoms with Crippen LogP contribution in [0.25, 0.3) is 0 Å². The van der Waals surface area contributed by atoms with Gasteiger partial charge in [-0.05, 0) is 44.1 Å². The van der Waals surface area contributed by atoms with Crippen molar-refractivity contribution in [3.63, 3.8) is 0 Å². The molecule has 0 radical (unpaired) electrons. The second kappa shape index (κ2) is 6.54. The maximum atomic E-state index is 5.92. The van der Waals surface area contributed by atoms with Crippen molar-refractivity contribution < 1.29 is 4.74 Å². The van der Waals surface area contributed by atoms with Crippen molar-refractivity contribution in [2.45, 2.75) is 65.0 Å². The van der Waals surface area contributed by atoms with Gasteiger partial charge in [-0.15, -0.1) is 11.3 Å². The third kappa shape index (κ3) is 3.60. The van der Waals surface area contributed by atoms with Crippen molar-refractivity contribution in [2.24, 2.45) is 5.41 Å². The fraction of sp³-hybridized carbons (Fsp3) is 0.812. The first-order valence-electron chi connectivity index (χ1n) is 7.72. The summed E-state index contributed by atoms with van der Waals surface area (Å²) in [4.78, 5) is 4.83. The molecule has 1 N–H and O–H groups in total. The zero-order valence-corrected chi connectivity index (χ0v) is 14.1. The van der Waals surface area contributed by atoms with E-state index in [9.17, 15) is 0 Å². The first-order chi connectivity index (χ1) is 9.51. The fourth-order valence-electron chi connectivity index (χ4n) is 2.83. The molecule has 0 atom stereocenters. The second-order valence-corrected chi connectivity index (χ2v) is 7.54. The van der Waals surface area contributed by atoms with Crippen LogP contribution in [0.4, 0.5) is 0 Å². The van der Waals surface area contributed by atoms with Gasteiger partial charge in [0.2, 0.25) is 0 Å². The summed E-state index contributed by atoms with van der Waals surface area (Å²) in [5, 5.41) is 6.76. The molecule has 1 aromatic heterocycles. The maximum absolute atomic E-state index is 5.92. The highest BCUT2D eigenvalue weighted by molar-refractivity contribution is 7.09. The van der Waals surface area contributed by atoms with Gasteiger partial charge < -0.3 is 10.1 Å². The van der Waals surface area contributed by atoms with Gasteiger partial charge in [0.1, 0.15) is 10.6 Å². The summed E-state index contributed by atoms with van der Waals surface area (Å²) >= 11 is 1.76. The Kier molecular flexibility index (Phi) is 5.21. The number of hydrogen-bond donors (Lipinski definition) is 1. The van der Waals surface area contributed by atoms with Gasteiger partial charge in [0.05, 0.1) is 5.69 Å². The molecule has 3 nitrogen and oxygen atoms in total. The zero-order valence-electron chi connectivity index (χ0n) is 13.3. The lowest BCUT2D eigenvalue weighted by molar-refractivity contribution is -0.0668. The van der Waals surface area contributed by atoms with E-state index in [1.54, 1.807) is 11.3 Å². The van der Waals surface area contributed by atoms with E-state index < -0.39 is 0 Å². The highest BCUT2D eigenvalue weighted by atomic mass is 32.1. The molecule has 0 spiro atoms. The Bertz CT molecular complexity index is 418. The maximum Gasteiger partial charge on any atom is 0.125 e. The van der Waals surface area contributed by atoms with Gasteiger partial charge in [0.25, 0.3) is 0 Å². The quantitative estimate of drug-likeness (QED) is 0.803. The summed E-state index contributed by atoms with van der Waals surface area (Å²) < 4.78 is 5.92. The molecular weight excluding hydrogens is 268 g/mol. The Labute approximate surface area is 127 Å². The molecule has 0 aromatic carbocycles. The number of nitrogens with one attached hydrogen (secondary N) is 1. The van der Waals surface area contributed by atoms with E-state index in [2.05, 4.69) is 31.5 Å². The van der Waals surface area contributed by atoms with Crippen LogP contribution in [0.3, 0.4) is 0 Å². The highest BCUT2D eigenvalue weighted by Gasteiger charge is 2.41. The van der Waals surface area contributed by atoms with Crippen molar-refractivity contribution in [3.05, 3.63) is 16.1 Å². The van der Waals surface area contributed by atoms with Crippen LogP contribution >= 0.6 is 11.3 Å². The van der Waals surface area contributed by atoms with E-state index in [1.165, 1.54) is 17.8 Å². The lowest BCUT2D eigenvalue weighted by atomic mass is 9.71. The largest absolute Gasteiger partial charge is 0.371 e. The van der Waals surface area contributed by atoms with Crippen LogP contribution in [0.2, 0.25) is 0 Å². The zero-order chi connectivity index (χ0) is 14.6. The Morgan fingerprint density at radius 1 is 1.30 bits per heavy atom. The normalized spacial score (nSPS) is 21.0. The van der Waals surface area contributed by atoms with Gasteiger partial charge >= 0.3 is 0 Å². The average molecular weight is 296 g/mol. The third-order valence-electron chi connectivity index (χ3n) is 4.48. The topological polar surface area (TPSA) is 34.1 Å². The SMILES string of the molecule is CCCNCc1csc(C2(OC)CCC(C)(C)CC2)n1. The molecule has 4 heteroatoms. The standard InChI is InChI=1S/C16H28N2OS/c1-5-10-17-11-13-12-20-14(18-13)16(19-4)8-6-15(2,3)7-9-16/h12,17H,5-11H2,1-4H3. The van der Waals surface area contributed by atoms with Crippen molar-refractivity contribution in [1.29, 1.82) is 0 Å². The average Bonchev–Trinajstić information content (AvgIpc) is 2.89. The third-order valence-corrected chi connectivity index (χ3v) is 5.55. The molecule has 1 aliphatic rings. The van der Waals surface area contributed by atoms with Crippen LogP contribution in [-0.2, 0) is 16.9 Å². The van der Waals surface area contributed by atoms with E-state index in [0.717, 1.165) is 38.0 Å². The van der Waals surface area contributed by atoms with Crippen LogP contribution < -0.4 is 5.32 Å². The Hall–Kier alpha value is -0.450. The Morgan fingerprint density at radius 3 is 2.60 bits per heavy atom. The molecule has 2 rings (SSSR count). The minimum absolute atomic E-state index is 0.136. The number of thiazole rings is 1. The fourth-order valence-corrected chi connectivity index (χ4v) is 3.88. The van der Waals surface area contributed by atoms with Gasteiger partial charge in [0, 0.05) is 19.0 Å².